The van der Waals surface area contributed by atoms with Crippen LogP contribution in [0, 0.1) is 17.6 Å². The van der Waals surface area contributed by atoms with Crippen molar-refractivity contribution in [3.05, 3.63) is 53.0 Å². The van der Waals surface area contributed by atoms with E-state index in [2.05, 4.69) is 10.1 Å². The largest absolute Gasteiger partial charge is 0.466 e. The van der Waals surface area contributed by atoms with Crippen molar-refractivity contribution in [3.63, 3.8) is 0 Å². The summed E-state index contributed by atoms with van der Waals surface area (Å²) in [7, 11) is 0. The van der Waals surface area contributed by atoms with Crippen molar-refractivity contribution in [2.24, 2.45) is 5.92 Å². The zero-order chi connectivity index (χ0) is 21.7. The lowest BCUT2D eigenvalue weighted by atomic mass is 9.95. The minimum Gasteiger partial charge on any atom is -0.466 e. The van der Waals surface area contributed by atoms with E-state index in [0.29, 0.717) is 42.2 Å². The SMILES string of the molecule is CCOC(=O)C(C)Cc1cnc(-c2nn(-c3ccc(F)cc3F)c3c2C2CCC3C2)o1. The van der Waals surface area contributed by atoms with E-state index in [1.54, 1.807) is 24.7 Å². The molecule has 1 aromatic carbocycles. The Morgan fingerprint density at radius 1 is 1.32 bits per heavy atom. The van der Waals surface area contributed by atoms with E-state index in [4.69, 9.17) is 9.15 Å². The van der Waals surface area contributed by atoms with Gasteiger partial charge >= 0.3 is 5.97 Å². The highest BCUT2D eigenvalue weighted by molar-refractivity contribution is 5.72. The molecule has 2 aromatic heterocycles. The summed E-state index contributed by atoms with van der Waals surface area (Å²) in [6.07, 6.45) is 5.04. The predicted molar refractivity (Wildman–Crippen MR) is 108 cm³/mol. The van der Waals surface area contributed by atoms with Crippen molar-refractivity contribution in [1.29, 1.82) is 0 Å². The van der Waals surface area contributed by atoms with Gasteiger partial charge in [-0.15, -0.1) is 0 Å². The van der Waals surface area contributed by atoms with Crippen LogP contribution in [0.2, 0.25) is 0 Å². The molecule has 0 N–H and O–H groups in total. The molecule has 2 bridgehead atoms. The number of benzene rings is 1. The first kappa shape index (κ1) is 19.9. The third-order valence-corrected chi connectivity index (χ3v) is 6.28. The number of halogens is 2. The molecule has 2 aliphatic rings. The first-order chi connectivity index (χ1) is 15.0. The maximum absolute atomic E-state index is 14.6. The molecule has 3 aromatic rings. The second-order valence-corrected chi connectivity index (χ2v) is 8.35. The van der Waals surface area contributed by atoms with E-state index >= 15 is 0 Å². The van der Waals surface area contributed by atoms with Crippen LogP contribution in [0.25, 0.3) is 17.3 Å². The third-order valence-electron chi connectivity index (χ3n) is 6.28. The van der Waals surface area contributed by atoms with E-state index in [0.717, 1.165) is 36.6 Å². The summed E-state index contributed by atoms with van der Waals surface area (Å²) < 4.78 is 40.6. The van der Waals surface area contributed by atoms with Crippen molar-refractivity contribution in [3.8, 4) is 17.3 Å². The number of hydrogen-bond acceptors (Lipinski definition) is 5. The minimum absolute atomic E-state index is 0.221. The summed E-state index contributed by atoms with van der Waals surface area (Å²) in [6, 6.07) is 3.52. The number of esters is 1. The quantitative estimate of drug-likeness (QED) is 0.523. The van der Waals surface area contributed by atoms with Crippen LogP contribution in [-0.2, 0) is 16.0 Å². The zero-order valence-corrected chi connectivity index (χ0v) is 17.4. The molecule has 0 saturated heterocycles. The van der Waals surface area contributed by atoms with Crippen LogP contribution >= 0.6 is 0 Å². The standard InChI is InChI=1S/C23H23F2N3O3/c1-3-30-23(29)12(2)8-16-11-26-22(31-16)20-19-13-4-5-14(9-13)21(19)28(27-20)18-7-6-15(24)10-17(18)25/h6-7,10-14H,3-5,8-9H2,1-2H3. The normalized spacial score (nSPS) is 20.1. The van der Waals surface area contributed by atoms with Crippen LogP contribution in [0.1, 0.15) is 62.0 Å². The van der Waals surface area contributed by atoms with Crippen LogP contribution in [0.15, 0.2) is 28.8 Å². The Balaban J connectivity index is 1.52. The summed E-state index contributed by atoms with van der Waals surface area (Å²) in [6.45, 7) is 3.88. The molecule has 2 aliphatic carbocycles. The molecule has 8 heteroatoms. The Kier molecular flexibility index (Phi) is 4.87. The molecule has 0 amide bonds. The van der Waals surface area contributed by atoms with Crippen LogP contribution in [0.3, 0.4) is 0 Å². The second kappa shape index (κ2) is 7.59. The van der Waals surface area contributed by atoms with Gasteiger partial charge in [-0.05, 0) is 44.2 Å². The first-order valence-corrected chi connectivity index (χ1v) is 10.7. The first-order valence-electron chi connectivity index (χ1n) is 10.7. The summed E-state index contributed by atoms with van der Waals surface area (Å²) >= 11 is 0. The van der Waals surface area contributed by atoms with Gasteiger partial charge in [0.25, 0.3) is 0 Å². The fourth-order valence-electron chi connectivity index (χ4n) is 4.91. The molecular formula is C23H23F2N3O3. The van der Waals surface area contributed by atoms with Crippen molar-refractivity contribution < 1.29 is 22.7 Å². The monoisotopic (exact) mass is 427 g/mol. The smallest absolute Gasteiger partial charge is 0.309 e. The Hall–Kier alpha value is -3.03. The van der Waals surface area contributed by atoms with Gasteiger partial charge in [0.15, 0.2) is 11.5 Å². The van der Waals surface area contributed by atoms with Gasteiger partial charge in [-0.2, -0.15) is 5.10 Å². The molecule has 0 spiro atoms. The van der Waals surface area contributed by atoms with E-state index in [1.165, 1.54) is 12.1 Å². The number of carbonyl (C=O) groups excluding carboxylic acids is 1. The van der Waals surface area contributed by atoms with Gasteiger partial charge in [-0.3, -0.25) is 4.79 Å². The number of aromatic nitrogens is 3. The van der Waals surface area contributed by atoms with Crippen molar-refractivity contribution in [2.75, 3.05) is 6.61 Å². The summed E-state index contributed by atoms with van der Waals surface area (Å²) in [4.78, 5) is 16.3. The average Bonchev–Trinajstić information content (AvgIpc) is 3.50. The molecule has 6 nitrogen and oxygen atoms in total. The van der Waals surface area contributed by atoms with Crippen LogP contribution in [0.5, 0.6) is 0 Å². The number of carbonyl (C=O) groups is 1. The molecule has 0 radical (unpaired) electrons. The number of rotatable bonds is 6. The van der Waals surface area contributed by atoms with Crippen LogP contribution < -0.4 is 0 Å². The molecule has 3 unspecified atom stereocenters. The number of hydrogen-bond donors (Lipinski definition) is 0. The highest BCUT2D eigenvalue weighted by Gasteiger charge is 2.44. The lowest BCUT2D eigenvalue weighted by Crippen LogP contribution is -2.16. The Labute approximate surface area is 178 Å². The van der Waals surface area contributed by atoms with Gasteiger partial charge in [-0.1, -0.05) is 6.92 Å². The van der Waals surface area contributed by atoms with Crippen LogP contribution in [0.4, 0.5) is 8.78 Å². The Morgan fingerprint density at radius 3 is 2.90 bits per heavy atom. The van der Waals surface area contributed by atoms with Gasteiger partial charge < -0.3 is 9.15 Å². The van der Waals surface area contributed by atoms with E-state index in [1.807, 2.05) is 0 Å². The molecular weight excluding hydrogens is 404 g/mol. The minimum atomic E-state index is -0.657. The van der Waals surface area contributed by atoms with Gasteiger partial charge in [0.2, 0.25) is 5.89 Å². The molecule has 1 saturated carbocycles. The van der Waals surface area contributed by atoms with Gasteiger partial charge in [0, 0.05) is 24.0 Å². The van der Waals surface area contributed by atoms with Gasteiger partial charge in [-0.25, -0.2) is 18.4 Å². The van der Waals surface area contributed by atoms with E-state index in [9.17, 15) is 13.6 Å². The highest BCUT2D eigenvalue weighted by Crippen LogP contribution is 2.56. The van der Waals surface area contributed by atoms with Crippen molar-refractivity contribution in [1.82, 2.24) is 14.8 Å². The number of fused-ring (bicyclic) bond motifs is 5. The highest BCUT2D eigenvalue weighted by atomic mass is 19.1. The topological polar surface area (TPSA) is 70.2 Å². The van der Waals surface area contributed by atoms with E-state index in [-0.39, 0.29) is 17.6 Å². The third kappa shape index (κ3) is 3.34. The number of oxazole rings is 1. The molecule has 2 heterocycles. The molecule has 31 heavy (non-hydrogen) atoms. The van der Waals surface area contributed by atoms with Crippen LogP contribution in [-0.4, -0.2) is 27.3 Å². The average molecular weight is 427 g/mol. The van der Waals surface area contributed by atoms with Gasteiger partial charge in [0.1, 0.15) is 17.3 Å². The Morgan fingerprint density at radius 2 is 2.13 bits per heavy atom. The maximum Gasteiger partial charge on any atom is 0.309 e. The molecule has 162 valence electrons. The zero-order valence-electron chi connectivity index (χ0n) is 17.4. The second-order valence-electron chi connectivity index (χ2n) is 8.35. The fraction of sp³-hybridized carbons (Fsp3) is 0.435. The molecule has 1 fully saturated rings. The summed E-state index contributed by atoms with van der Waals surface area (Å²) in [5, 5.41) is 4.67. The van der Waals surface area contributed by atoms with E-state index < -0.39 is 11.6 Å². The van der Waals surface area contributed by atoms with Gasteiger partial charge in [0.05, 0.1) is 24.4 Å². The van der Waals surface area contributed by atoms with Crippen molar-refractivity contribution >= 4 is 5.97 Å². The number of nitrogens with zero attached hydrogens (tertiary/aromatic N) is 3. The lowest BCUT2D eigenvalue weighted by molar-refractivity contribution is -0.147. The fourth-order valence-corrected chi connectivity index (χ4v) is 4.91. The Bertz CT molecular complexity index is 1150. The molecule has 3 atom stereocenters. The predicted octanol–water partition coefficient (Wildman–Crippen LogP) is 4.91. The molecule has 0 aliphatic heterocycles. The molecule has 5 rings (SSSR count). The lowest BCUT2D eigenvalue weighted by Gasteiger charge is -2.14. The number of ether oxygens (including phenoxy) is 1. The maximum atomic E-state index is 14.6. The summed E-state index contributed by atoms with van der Waals surface area (Å²) in [5.41, 5.74) is 2.84. The summed E-state index contributed by atoms with van der Waals surface area (Å²) in [5.74, 6) is -0.366. The van der Waals surface area contributed by atoms with Crippen molar-refractivity contribution in [2.45, 2.75) is 51.4 Å².